The van der Waals surface area contributed by atoms with E-state index in [1.807, 2.05) is 31.3 Å². The summed E-state index contributed by atoms with van der Waals surface area (Å²) in [6.45, 7) is 9.47. The molecule has 0 spiro atoms. The van der Waals surface area contributed by atoms with Crippen LogP contribution in [0.2, 0.25) is 0 Å². The Bertz CT molecular complexity index is 2600. The number of hydrogen-bond acceptors (Lipinski definition) is 10. The summed E-state index contributed by atoms with van der Waals surface area (Å²) in [7, 11) is 1.73. The van der Waals surface area contributed by atoms with Gasteiger partial charge in [0.15, 0.2) is 0 Å². The van der Waals surface area contributed by atoms with Gasteiger partial charge in [0, 0.05) is 79.5 Å². The Labute approximate surface area is 321 Å². The average Bonchev–Trinajstić information content (AvgIpc) is 3.63. The van der Waals surface area contributed by atoms with Crippen LogP contribution in [0.3, 0.4) is 0 Å². The van der Waals surface area contributed by atoms with E-state index in [1.165, 1.54) is 15.9 Å². The lowest BCUT2D eigenvalue weighted by Gasteiger charge is -2.35. The minimum absolute atomic E-state index is 0.0296. The number of rotatable bonds is 7. The normalized spacial score (nSPS) is 19.4. The van der Waals surface area contributed by atoms with E-state index in [4.69, 9.17) is 9.97 Å². The van der Waals surface area contributed by atoms with Gasteiger partial charge in [0.2, 0.25) is 11.8 Å². The van der Waals surface area contributed by atoms with Gasteiger partial charge in [-0.3, -0.25) is 33.7 Å². The van der Waals surface area contributed by atoms with Crippen molar-refractivity contribution in [1.29, 1.82) is 0 Å². The first-order valence-corrected chi connectivity index (χ1v) is 19.8. The first-order valence-electron chi connectivity index (χ1n) is 19.0. The predicted molar refractivity (Wildman–Crippen MR) is 216 cm³/mol. The monoisotopic (exact) mass is 757 g/mol. The van der Waals surface area contributed by atoms with Crippen molar-refractivity contribution in [2.24, 2.45) is 7.05 Å². The zero-order valence-electron chi connectivity index (χ0n) is 31.1. The third-order valence-corrected chi connectivity index (χ3v) is 12.5. The summed E-state index contributed by atoms with van der Waals surface area (Å²) in [6.07, 6.45) is 4.36. The van der Waals surface area contributed by atoms with Crippen LogP contribution in [-0.2, 0) is 23.1 Å². The second-order valence-corrected chi connectivity index (χ2v) is 16.1. The van der Waals surface area contributed by atoms with Gasteiger partial charge >= 0.3 is 5.69 Å². The zero-order chi connectivity index (χ0) is 38.0. The third kappa shape index (κ3) is 6.32. The highest BCUT2D eigenvalue weighted by molar-refractivity contribution is 7.21. The molecule has 2 saturated heterocycles. The lowest BCUT2D eigenvalue weighted by atomic mass is 10.0. The summed E-state index contributed by atoms with van der Waals surface area (Å²) >= 11 is 1.52. The van der Waals surface area contributed by atoms with Gasteiger partial charge in [-0.15, -0.1) is 11.3 Å². The third-order valence-electron chi connectivity index (χ3n) is 11.4. The number of imide groups is 1. The molecule has 14 heteroatoms. The highest BCUT2D eigenvalue weighted by atomic mass is 32.1. The van der Waals surface area contributed by atoms with Gasteiger partial charge in [0.1, 0.15) is 16.7 Å². The van der Waals surface area contributed by atoms with Crippen molar-refractivity contribution < 1.29 is 14.4 Å². The number of fused-ring (bicyclic) bond motifs is 6. The van der Waals surface area contributed by atoms with E-state index in [0.717, 1.165) is 111 Å². The van der Waals surface area contributed by atoms with Crippen molar-refractivity contribution in [3.8, 4) is 11.3 Å². The van der Waals surface area contributed by atoms with Crippen molar-refractivity contribution in [1.82, 2.24) is 34.6 Å². The standard InChI is InChI=1S/C41H43N9O4S/c1-23-19-34(42-22-27(23)29-8-7-26-28(45-29)9-12-33-36(26)37-38(55-33)40(53)44-24(2)21-43-37)49-17-15-48(16-18-49)14-4-5-25-6-10-30-32(20-25)47(3)41(54)50(30)31-11-13-35(51)46-39(31)52/h6-10,12,19-20,22,24,31,43H,4-5,11,13-18,21H2,1-3H3,(H,44,53)(H,46,51,52)/t24-,31?/m1/s1. The zero-order valence-corrected chi connectivity index (χ0v) is 32.0. The molecule has 3 aliphatic heterocycles. The number of imidazole rings is 1. The molecule has 0 saturated carbocycles. The molecule has 3 N–H and O–H groups in total. The second-order valence-electron chi connectivity index (χ2n) is 15.1. The molecule has 1 unspecified atom stereocenters. The van der Waals surface area contributed by atoms with Crippen LogP contribution >= 0.6 is 11.3 Å². The van der Waals surface area contributed by atoms with Crippen LogP contribution in [-0.4, -0.2) is 87.0 Å². The highest BCUT2D eigenvalue weighted by Gasteiger charge is 2.31. The maximum Gasteiger partial charge on any atom is 0.329 e. The predicted octanol–water partition coefficient (Wildman–Crippen LogP) is 4.75. The average molecular weight is 758 g/mol. The Morgan fingerprint density at radius 3 is 2.60 bits per heavy atom. The molecular formula is C41H43N9O4S. The molecule has 55 heavy (non-hydrogen) atoms. The van der Waals surface area contributed by atoms with Crippen molar-refractivity contribution in [2.45, 2.75) is 51.6 Å². The molecule has 3 aliphatic rings. The molecule has 6 aromatic rings. The number of piperidine rings is 1. The van der Waals surface area contributed by atoms with E-state index in [1.54, 1.807) is 11.6 Å². The van der Waals surface area contributed by atoms with Crippen LogP contribution in [0.5, 0.6) is 0 Å². The first kappa shape index (κ1) is 35.1. The van der Waals surface area contributed by atoms with E-state index in [2.05, 4.69) is 63.0 Å². The summed E-state index contributed by atoms with van der Waals surface area (Å²) in [4.78, 5) is 65.7. The van der Waals surface area contributed by atoms with Crippen molar-refractivity contribution in [2.75, 3.05) is 49.5 Å². The number of nitrogens with one attached hydrogen (secondary N) is 3. The molecule has 2 atom stereocenters. The lowest BCUT2D eigenvalue weighted by molar-refractivity contribution is -0.135. The number of anilines is 2. The number of aryl methyl sites for hydroxylation is 3. The molecule has 282 valence electrons. The van der Waals surface area contributed by atoms with Gasteiger partial charge in [-0.25, -0.2) is 14.8 Å². The summed E-state index contributed by atoms with van der Waals surface area (Å²) in [5, 5.41) is 11.0. The van der Waals surface area contributed by atoms with Gasteiger partial charge < -0.3 is 15.5 Å². The molecule has 0 radical (unpaired) electrons. The van der Waals surface area contributed by atoms with Gasteiger partial charge in [-0.2, -0.15) is 0 Å². The van der Waals surface area contributed by atoms with Gasteiger partial charge in [0.25, 0.3) is 5.91 Å². The number of piperazine rings is 1. The minimum atomic E-state index is -0.679. The SMILES string of the molecule is Cc1cc(N2CCN(CCCc3ccc4c(c3)n(C)c(=O)n4C3CCC(=O)NC3=O)CC2)ncc1-c1ccc2c(ccc3sc4c(c32)NC[C@@H](C)NC4=O)n1. The van der Waals surface area contributed by atoms with E-state index in [0.29, 0.717) is 18.5 Å². The molecule has 3 amide bonds. The number of pyridine rings is 2. The van der Waals surface area contributed by atoms with Gasteiger partial charge in [-0.1, -0.05) is 6.07 Å². The maximum atomic E-state index is 13.1. The fraction of sp³-hybridized carbons (Fsp3) is 0.366. The minimum Gasteiger partial charge on any atom is -0.381 e. The number of hydrogen-bond donors (Lipinski definition) is 3. The summed E-state index contributed by atoms with van der Waals surface area (Å²) in [5.41, 5.74) is 7.21. The number of carbonyl (C=O) groups excluding carboxylic acids is 3. The number of thiophene rings is 1. The maximum absolute atomic E-state index is 13.1. The fourth-order valence-electron chi connectivity index (χ4n) is 8.36. The Hall–Kier alpha value is -5.60. The number of amides is 3. The van der Waals surface area contributed by atoms with Crippen LogP contribution in [0.25, 0.3) is 43.3 Å². The van der Waals surface area contributed by atoms with Crippen LogP contribution in [0.4, 0.5) is 11.5 Å². The summed E-state index contributed by atoms with van der Waals surface area (Å²) in [6, 6.07) is 15.9. The molecule has 2 aromatic carbocycles. The quantitative estimate of drug-likeness (QED) is 0.197. The molecule has 0 aliphatic carbocycles. The molecule has 7 heterocycles. The molecule has 9 rings (SSSR count). The number of aromatic nitrogens is 4. The lowest BCUT2D eigenvalue weighted by Crippen LogP contribution is -2.47. The van der Waals surface area contributed by atoms with E-state index in [-0.39, 0.29) is 30.0 Å². The number of nitrogens with zero attached hydrogens (tertiary/aromatic N) is 6. The Balaban J connectivity index is 0.829. The largest absolute Gasteiger partial charge is 0.381 e. The Morgan fingerprint density at radius 2 is 1.80 bits per heavy atom. The van der Waals surface area contributed by atoms with Crippen molar-refractivity contribution >= 4 is 72.6 Å². The molecule has 13 nitrogen and oxygen atoms in total. The smallest absolute Gasteiger partial charge is 0.329 e. The first-order chi connectivity index (χ1) is 26.6. The topological polar surface area (TPSA) is 146 Å². The van der Waals surface area contributed by atoms with E-state index < -0.39 is 11.9 Å². The number of carbonyl (C=O) groups is 3. The molecule has 2 fully saturated rings. The highest BCUT2D eigenvalue weighted by Crippen LogP contribution is 2.41. The fourth-order valence-corrected chi connectivity index (χ4v) is 9.46. The van der Waals surface area contributed by atoms with Gasteiger partial charge in [-0.05, 0) is 93.2 Å². The molecule has 4 aromatic heterocycles. The summed E-state index contributed by atoms with van der Waals surface area (Å²) in [5.74, 6) is 0.234. The van der Waals surface area contributed by atoms with Crippen LogP contribution in [0.1, 0.15) is 53.0 Å². The van der Waals surface area contributed by atoms with Gasteiger partial charge in [0.05, 0.1) is 27.9 Å². The Kier molecular flexibility index (Phi) is 8.89. The van der Waals surface area contributed by atoms with Crippen molar-refractivity contribution in [3.05, 3.63) is 81.2 Å². The summed E-state index contributed by atoms with van der Waals surface area (Å²) < 4.78 is 4.19. The molecule has 0 bridgehead atoms. The second kappa shape index (κ2) is 13.9. The van der Waals surface area contributed by atoms with Crippen LogP contribution < -0.4 is 26.5 Å². The van der Waals surface area contributed by atoms with E-state index in [9.17, 15) is 19.2 Å². The Morgan fingerprint density at radius 1 is 0.964 bits per heavy atom. The van der Waals surface area contributed by atoms with E-state index >= 15 is 0 Å². The van der Waals surface area contributed by atoms with Crippen LogP contribution in [0, 0.1) is 6.92 Å². The number of benzene rings is 2. The molecular weight excluding hydrogens is 715 g/mol. The van der Waals surface area contributed by atoms with Crippen LogP contribution in [0.15, 0.2) is 59.5 Å². The van der Waals surface area contributed by atoms with Crippen molar-refractivity contribution in [3.63, 3.8) is 0 Å².